The van der Waals surface area contributed by atoms with Crippen molar-refractivity contribution in [2.45, 2.75) is 6.42 Å². The number of methoxy groups -OCH3 is 3. The summed E-state index contributed by atoms with van der Waals surface area (Å²) in [5, 5.41) is 0. The topological polar surface area (TPSA) is 78.9 Å². The number of ether oxygens (including phenoxy) is 3. The van der Waals surface area contributed by atoms with Crippen molar-refractivity contribution >= 4 is 17.9 Å². The molecule has 0 fully saturated rings. The molecule has 0 spiro atoms. The van der Waals surface area contributed by atoms with Gasteiger partial charge in [-0.1, -0.05) is 0 Å². The molecule has 0 N–H and O–H groups in total. The molecule has 0 unspecified atom stereocenters. The molecule has 19 heavy (non-hydrogen) atoms. The Morgan fingerprint density at radius 2 is 1.32 bits per heavy atom. The minimum atomic E-state index is -0.600. The Labute approximate surface area is 110 Å². The number of rotatable bonds is 4. The van der Waals surface area contributed by atoms with Crippen molar-refractivity contribution in [3.8, 4) is 0 Å². The second-order valence-corrected chi connectivity index (χ2v) is 3.65. The number of carbonyl (C=O) groups excluding carboxylic acids is 3. The zero-order chi connectivity index (χ0) is 14.4. The van der Waals surface area contributed by atoms with E-state index in [0.29, 0.717) is 5.56 Å². The minimum Gasteiger partial charge on any atom is -0.469 e. The van der Waals surface area contributed by atoms with Gasteiger partial charge in [0.1, 0.15) is 0 Å². The lowest BCUT2D eigenvalue weighted by atomic mass is 10.0. The van der Waals surface area contributed by atoms with Crippen molar-refractivity contribution in [3.05, 3.63) is 34.9 Å². The first-order valence-electron chi connectivity index (χ1n) is 5.39. The van der Waals surface area contributed by atoms with Gasteiger partial charge in [0.25, 0.3) is 0 Å². The normalized spacial score (nSPS) is 9.63. The summed E-state index contributed by atoms with van der Waals surface area (Å²) < 4.78 is 13.7. The van der Waals surface area contributed by atoms with Crippen molar-refractivity contribution in [3.63, 3.8) is 0 Å². The van der Waals surface area contributed by atoms with Crippen LogP contribution < -0.4 is 0 Å². The quantitative estimate of drug-likeness (QED) is 0.597. The molecule has 0 saturated carbocycles. The molecule has 0 aliphatic carbocycles. The van der Waals surface area contributed by atoms with Gasteiger partial charge in [-0.25, -0.2) is 9.59 Å². The molecule has 6 heteroatoms. The lowest BCUT2D eigenvalue weighted by molar-refractivity contribution is -0.139. The van der Waals surface area contributed by atoms with E-state index in [4.69, 9.17) is 0 Å². The van der Waals surface area contributed by atoms with E-state index in [1.807, 2.05) is 0 Å². The third-order valence-electron chi connectivity index (χ3n) is 2.41. The molecule has 0 bridgehead atoms. The van der Waals surface area contributed by atoms with Gasteiger partial charge in [-0.3, -0.25) is 4.79 Å². The molecular weight excluding hydrogens is 252 g/mol. The van der Waals surface area contributed by atoms with E-state index in [2.05, 4.69) is 14.2 Å². The fourth-order valence-electron chi connectivity index (χ4n) is 1.50. The summed E-state index contributed by atoms with van der Waals surface area (Å²) in [7, 11) is 3.72. The third kappa shape index (κ3) is 3.80. The summed E-state index contributed by atoms with van der Waals surface area (Å²) in [4.78, 5) is 34.2. The van der Waals surface area contributed by atoms with Crippen molar-refractivity contribution in [2.75, 3.05) is 21.3 Å². The molecule has 0 atom stereocenters. The van der Waals surface area contributed by atoms with Gasteiger partial charge in [0.15, 0.2) is 0 Å². The molecule has 0 radical (unpaired) electrons. The Kier molecular flexibility index (Phi) is 5.05. The van der Waals surface area contributed by atoms with Gasteiger partial charge in [-0.05, 0) is 23.8 Å². The zero-order valence-corrected chi connectivity index (χ0v) is 10.9. The largest absolute Gasteiger partial charge is 0.469 e. The molecular formula is C13H14O6. The molecule has 0 amide bonds. The lowest BCUT2D eigenvalue weighted by Crippen LogP contribution is -2.10. The van der Waals surface area contributed by atoms with Crippen LogP contribution in [0.5, 0.6) is 0 Å². The maximum absolute atomic E-state index is 11.5. The molecule has 0 aromatic heterocycles. The van der Waals surface area contributed by atoms with E-state index in [1.165, 1.54) is 39.5 Å². The van der Waals surface area contributed by atoms with Crippen molar-refractivity contribution in [1.82, 2.24) is 0 Å². The van der Waals surface area contributed by atoms with Crippen LogP contribution in [0, 0.1) is 0 Å². The SMILES string of the molecule is COC(=O)Cc1cc(C(=O)OC)cc(C(=O)OC)c1. The highest BCUT2D eigenvalue weighted by Gasteiger charge is 2.15. The first kappa shape index (κ1) is 14.7. The maximum Gasteiger partial charge on any atom is 0.337 e. The summed E-state index contributed by atoms with van der Waals surface area (Å²) in [6, 6.07) is 4.28. The fourth-order valence-corrected chi connectivity index (χ4v) is 1.50. The fraction of sp³-hybridized carbons (Fsp3) is 0.308. The number of benzene rings is 1. The molecule has 1 rings (SSSR count). The van der Waals surface area contributed by atoms with Crippen LogP contribution in [0.15, 0.2) is 18.2 Å². The van der Waals surface area contributed by atoms with E-state index >= 15 is 0 Å². The monoisotopic (exact) mass is 266 g/mol. The van der Waals surface area contributed by atoms with Crippen LogP contribution in [0.3, 0.4) is 0 Å². The van der Waals surface area contributed by atoms with E-state index in [0.717, 1.165) is 0 Å². The summed E-state index contributed by atoms with van der Waals surface area (Å²) in [6.45, 7) is 0. The Morgan fingerprint density at radius 3 is 1.68 bits per heavy atom. The van der Waals surface area contributed by atoms with Crippen LogP contribution in [-0.2, 0) is 25.4 Å². The molecule has 1 aromatic carbocycles. The first-order valence-corrected chi connectivity index (χ1v) is 5.39. The molecule has 0 saturated heterocycles. The number of hydrogen-bond donors (Lipinski definition) is 0. The van der Waals surface area contributed by atoms with Crippen molar-refractivity contribution < 1.29 is 28.6 Å². The summed E-state index contributed by atoms with van der Waals surface area (Å²) in [5.41, 5.74) is 0.809. The van der Waals surface area contributed by atoms with E-state index < -0.39 is 17.9 Å². The minimum absolute atomic E-state index is 0.0503. The van der Waals surface area contributed by atoms with Crippen molar-refractivity contribution in [2.24, 2.45) is 0 Å². The predicted molar refractivity (Wildman–Crippen MR) is 64.8 cm³/mol. The van der Waals surface area contributed by atoms with Gasteiger partial charge in [-0.2, -0.15) is 0 Å². The summed E-state index contributed by atoms with van der Waals surface area (Å²) in [5.74, 6) is -1.67. The highest BCUT2D eigenvalue weighted by molar-refractivity contribution is 5.96. The molecule has 102 valence electrons. The van der Waals surface area contributed by atoms with Gasteiger partial charge in [-0.15, -0.1) is 0 Å². The van der Waals surface area contributed by atoms with E-state index in [9.17, 15) is 14.4 Å². The second-order valence-electron chi connectivity index (χ2n) is 3.65. The molecule has 0 aliphatic heterocycles. The van der Waals surface area contributed by atoms with E-state index in [-0.39, 0.29) is 17.5 Å². The number of carbonyl (C=O) groups is 3. The number of hydrogen-bond acceptors (Lipinski definition) is 6. The van der Waals surface area contributed by atoms with Gasteiger partial charge in [0, 0.05) is 0 Å². The second kappa shape index (κ2) is 6.53. The predicted octanol–water partition coefficient (Wildman–Crippen LogP) is 0.975. The summed E-state index contributed by atoms with van der Waals surface area (Å²) in [6.07, 6.45) is -0.0503. The van der Waals surface area contributed by atoms with Gasteiger partial charge in [0.2, 0.25) is 0 Å². The first-order chi connectivity index (χ1) is 9.01. The van der Waals surface area contributed by atoms with Crippen LogP contribution in [0.4, 0.5) is 0 Å². The molecule has 1 aromatic rings. The van der Waals surface area contributed by atoms with Crippen LogP contribution in [-0.4, -0.2) is 39.2 Å². The van der Waals surface area contributed by atoms with Gasteiger partial charge >= 0.3 is 17.9 Å². The zero-order valence-electron chi connectivity index (χ0n) is 10.9. The average molecular weight is 266 g/mol. The van der Waals surface area contributed by atoms with Crippen LogP contribution in [0.1, 0.15) is 26.3 Å². The third-order valence-corrected chi connectivity index (χ3v) is 2.41. The molecule has 0 aliphatic rings. The van der Waals surface area contributed by atoms with E-state index in [1.54, 1.807) is 0 Å². The maximum atomic E-state index is 11.5. The van der Waals surface area contributed by atoms with Gasteiger partial charge in [0.05, 0.1) is 38.9 Å². The number of esters is 3. The Hall–Kier alpha value is -2.37. The standard InChI is InChI=1S/C13H14O6/c1-17-11(14)6-8-4-9(12(15)18-2)7-10(5-8)13(16)19-3/h4-5,7H,6H2,1-3H3. The van der Waals surface area contributed by atoms with Crippen LogP contribution in [0.2, 0.25) is 0 Å². The Balaban J connectivity index is 3.19. The highest BCUT2D eigenvalue weighted by Crippen LogP contribution is 2.14. The molecule has 0 heterocycles. The van der Waals surface area contributed by atoms with Crippen molar-refractivity contribution in [1.29, 1.82) is 0 Å². The van der Waals surface area contributed by atoms with Crippen LogP contribution in [0.25, 0.3) is 0 Å². The summed E-state index contributed by atoms with van der Waals surface area (Å²) >= 11 is 0. The van der Waals surface area contributed by atoms with Crippen LogP contribution >= 0.6 is 0 Å². The Bertz CT molecular complexity index is 472. The van der Waals surface area contributed by atoms with Gasteiger partial charge < -0.3 is 14.2 Å². The lowest BCUT2D eigenvalue weighted by Gasteiger charge is -2.07. The smallest absolute Gasteiger partial charge is 0.337 e. The highest BCUT2D eigenvalue weighted by atomic mass is 16.5. The molecule has 6 nitrogen and oxygen atoms in total. The Morgan fingerprint density at radius 1 is 0.842 bits per heavy atom. The average Bonchev–Trinajstić information content (AvgIpc) is 2.44.